The highest BCUT2D eigenvalue weighted by molar-refractivity contribution is 7.91. The van der Waals surface area contributed by atoms with Gasteiger partial charge in [-0.3, -0.25) is 0 Å². The van der Waals surface area contributed by atoms with Crippen LogP contribution in [0.5, 0.6) is 0 Å². The lowest BCUT2D eigenvalue weighted by molar-refractivity contribution is -0.580. The molecule has 0 saturated heterocycles. The molecule has 0 unspecified atom stereocenters. The van der Waals surface area contributed by atoms with E-state index in [9.17, 15) is 13.6 Å². The van der Waals surface area contributed by atoms with Crippen molar-refractivity contribution in [1.82, 2.24) is 14.5 Å². The Balaban J connectivity index is 2.35. The van der Waals surface area contributed by atoms with E-state index >= 15 is 0 Å². The topological polar surface area (TPSA) is 91.8 Å². The van der Waals surface area contributed by atoms with Crippen LogP contribution in [0.4, 0.5) is 0 Å². The van der Waals surface area contributed by atoms with Crippen LogP contribution in [0.3, 0.4) is 0 Å². The third kappa shape index (κ3) is 2.44. The summed E-state index contributed by atoms with van der Waals surface area (Å²) >= 11 is 0. The molecule has 0 amide bonds. The van der Waals surface area contributed by atoms with Gasteiger partial charge in [0, 0.05) is 6.20 Å². The van der Waals surface area contributed by atoms with Gasteiger partial charge in [-0.2, -0.15) is 4.98 Å². The van der Waals surface area contributed by atoms with E-state index in [0.717, 1.165) is 10.3 Å². The molecule has 0 aliphatic rings. The highest BCUT2D eigenvalue weighted by Crippen LogP contribution is 2.27. The first-order valence-corrected chi connectivity index (χ1v) is 8.74. The monoisotopic (exact) mass is 332 g/mol. The van der Waals surface area contributed by atoms with E-state index in [1.165, 1.54) is 18.5 Å². The summed E-state index contributed by atoms with van der Waals surface area (Å²) in [6.07, 6.45) is 2.97. The zero-order valence-electron chi connectivity index (χ0n) is 13.0. The molecule has 0 aliphatic carbocycles. The SMILES string of the molecule is CCS(=O)(=O)c1cccnc1-c1nc2cc(C)c[n+]([O-])c2n1C. The predicted molar refractivity (Wildman–Crippen MR) is 85.4 cm³/mol. The zero-order chi connectivity index (χ0) is 16.8. The number of hydrogen-bond donors (Lipinski definition) is 0. The molecule has 0 radical (unpaired) electrons. The van der Waals surface area contributed by atoms with Gasteiger partial charge in [-0.25, -0.2) is 22.7 Å². The van der Waals surface area contributed by atoms with Gasteiger partial charge in [0.25, 0.3) is 0 Å². The molecule has 0 spiro atoms. The molecule has 0 N–H and O–H groups in total. The quantitative estimate of drug-likeness (QED) is 0.533. The molecular weight excluding hydrogens is 316 g/mol. The minimum atomic E-state index is -3.45. The smallest absolute Gasteiger partial charge is 0.312 e. The number of aromatic nitrogens is 4. The Morgan fingerprint density at radius 3 is 2.83 bits per heavy atom. The molecule has 0 aromatic carbocycles. The lowest BCUT2D eigenvalue weighted by Crippen LogP contribution is -2.28. The minimum Gasteiger partial charge on any atom is -0.711 e. The maximum Gasteiger partial charge on any atom is 0.312 e. The fourth-order valence-electron chi connectivity index (χ4n) is 2.54. The summed E-state index contributed by atoms with van der Waals surface area (Å²) in [7, 11) is -1.78. The van der Waals surface area contributed by atoms with Crippen molar-refractivity contribution >= 4 is 21.0 Å². The molecule has 7 nitrogen and oxygen atoms in total. The normalized spacial score (nSPS) is 12.0. The fraction of sp³-hybridized carbons (Fsp3) is 0.267. The van der Waals surface area contributed by atoms with Crippen LogP contribution in [0, 0.1) is 12.1 Å². The second kappa shape index (κ2) is 5.31. The highest BCUT2D eigenvalue weighted by Gasteiger charge is 2.26. The molecule has 8 heteroatoms. The van der Waals surface area contributed by atoms with Gasteiger partial charge in [-0.1, -0.05) is 6.92 Å². The molecule has 0 bridgehead atoms. The lowest BCUT2D eigenvalue weighted by Gasteiger charge is -2.06. The van der Waals surface area contributed by atoms with Crippen LogP contribution in [-0.4, -0.2) is 28.7 Å². The molecular formula is C15H16N4O3S. The van der Waals surface area contributed by atoms with Crippen molar-refractivity contribution in [1.29, 1.82) is 0 Å². The lowest BCUT2D eigenvalue weighted by atomic mass is 10.3. The van der Waals surface area contributed by atoms with Gasteiger partial charge in [0.15, 0.2) is 15.4 Å². The van der Waals surface area contributed by atoms with Crippen molar-refractivity contribution in [3.05, 3.63) is 41.4 Å². The van der Waals surface area contributed by atoms with E-state index in [1.807, 2.05) is 0 Å². The third-order valence-electron chi connectivity index (χ3n) is 3.68. The van der Waals surface area contributed by atoms with E-state index in [1.54, 1.807) is 37.6 Å². The summed E-state index contributed by atoms with van der Waals surface area (Å²) in [5.74, 6) is 0.318. The number of imidazole rings is 1. The van der Waals surface area contributed by atoms with Crippen LogP contribution < -0.4 is 4.73 Å². The largest absolute Gasteiger partial charge is 0.711 e. The van der Waals surface area contributed by atoms with Gasteiger partial charge in [0.1, 0.15) is 5.69 Å². The van der Waals surface area contributed by atoms with E-state index in [4.69, 9.17) is 0 Å². The van der Waals surface area contributed by atoms with Crippen LogP contribution in [0.15, 0.2) is 35.5 Å². The van der Waals surface area contributed by atoms with Crippen LogP contribution in [-0.2, 0) is 16.9 Å². The summed E-state index contributed by atoms with van der Waals surface area (Å²) in [5.41, 5.74) is 1.89. The standard InChI is InChI=1S/C15H16N4O3S/c1-4-23(21,22)12-6-5-7-16-13(12)14-17-11-8-10(2)9-19(20)15(11)18(14)3/h5-9H,4H2,1-3H3. The van der Waals surface area contributed by atoms with Crippen molar-refractivity contribution in [2.45, 2.75) is 18.7 Å². The molecule has 3 aromatic heterocycles. The van der Waals surface area contributed by atoms with E-state index in [0.29, 0.717) is 17.0 Å². The Morgan fingerprint density at radius 1 is 1.39 bits per heavy atom. The van der Waals surface area contributed by atoms with Crippen LogP contribution >= 0.6 is 0 Å². The number of rotatable bonds is 3. The number of sulfone groups is 1. The number of nitrogens with zero attached hydrogens (tertiary/aromatic N) is 4. The van der Waals surface area contributed by atoms with Gasteiger partial charge in [-0.15, -0.1) is 0 Å². The molecule has 0 fully saturated rings. The second-order valence-corrected chi connectivity index (χ2v) is 7.55. The van der Waals surface area contributed by atoms with Gasteiger partial charge < -0.3 is 5.21 Å². The molecule has 23 heavy (non-hydrogen) atoms. The van der Waals surface area contributed by atoms with Gasteiger partial charge in [0.2, 0.25) is 5.82 Å². The maximum absolute atomic E-state index is 12.3. The highest BCUT2D eigenvalue weighted by atomic mass is 32.2. The fourth-order valence-corrected chi connectivity index (χ4v) is 3.58. The Labute approximate surface area is 133 Å². The van der Waals surface area contributed by atoms with Crippen molar-refractivity contribution in [3.63, 3.8) is 0 Å². The third-order valence-corrected chi connectivity index (χ3v) is 5.44. The van der Waals surface area contributed by atoms with Crippen molar-refractivity contribution < 1.29 is 13.1 Å². The zero-order valence-corrected chi connectivity index (χ0v) is 13.8. The molecule has 120 valence electrons. The van der Waals surface area contributed by atoms with Crippen molar-refractivity contribution in [2.75, 3.05) is 5.75 Å². The van der Waals surface area contributed by atoms with Gasteiger partial charge >= 0.3 is 5.65 Å². The number of pyridine rings is 2. The van der Waals surface area contributed by atoms with Gasteiger partial charge in [0.05, 0.1) is 23.9 Å². The van der Waals surface area contributed by atoms with E-state index < -0.39 is 9.84 Å². The van der Waals surface area contributed by atoms with Crippen LogP contribution in [0.25, 0.3) is 22.7 Å². The predicted octanol–water partition coefficient (Wildman–Crippen LogP) is 1.37. The summed E-state index contributed by atoms with van der Waals surface area (Å²) in [6.45, 7) is 3.38. The Bertz CT molecular complexity index is 1010. The number of aryl methyl sites for hydroxylation is 2. The molecule has 3 heterocycles. The maximum atomic E-state index is 12.3. The first kappa shape index (κ1) is 15.4. The molecule has 3 rings (SSSR count). The van der Waals surface area contributed by atoms with Crippen LogP contribution in [0.2, 0.25) is 0 Å². The number of fused-ring (bicyclic) bond motifs is 1. The minimum absolute atomic E-state index is 0.0314. The average Bonchev–Trinajstić information content (AvgIpc) is 2.84. The van der Waals surface area contributed by atoms with Gasteiger partial charge in [-0.05, 0) is 30.7 Å². The molecule has 0 aliphatic heterocycles. The Morgan fingerprint density at radius 2 is 2.13 bits per heavy atom. The molecule has 3 aromatic rings. The van der Waals surface area contributed by atoms with E-state index in [2.05, 4.69) is 9.97 Å². The van der Waals surface area contributed by atoms with Crippen molar-refractivity contribution in [3.8, 4) is 11.5 Å². The summed E-state index contributed by atoms with van der Waals surface area (Å²) in [4.78, 5) is 8.75. The molecule has 0 atom stereocenters. The van der Waals surface area contributed by atoms with Crippen LogP contribution in [0.1, 0.15) is 12.5 Å². The Hall–Kier alpha value is -2.48. The van der Waals surface area contributed by atoms with E-state index in [-0.39, 0.29) is 16.3 Å². The molecule has 0 saturated carbocycles. The summed E-state index contributed by atoms with van der Waals surface area (Å²) in [5, 5.41) is 12.1. The number of hydrogen-bond acceptors (Lipinski definition) is 5. The van der Waals surface area contributed by atoms with Crippen molar-refractivity contribution in [2.24, 2.45) is 7.05 Å². The first-order valence-electron chi connectivity index (χ1n) is 7.09. The summed E-state index contributed by atoms with van der Waals surface area (Å²) < 4.78 is 26.9. The first-order chi connectivity index (χ1) is 10.8. The second-order valence-electron chi connectivity index (χ2n) is 5.30. The summed E-state index contributed by atoms with van der Waals surface area (Å²) in [6, 6.07) is 4.87. The average molecular weight is 332 g/mol. The Kier molecular flexibility index (Phi) is 3.56.